The van der Waals surface area contributed by atoms with Crippen molar-refractivity contribution in [3.63, 3.8) is 0 Å². The van der Waals surface area contributed by atoms with Gasteiger partial charge >= 0.3 is 0 Å². The van der Waals surface area contributed by atoms with Gasteiger partial charge in [0, 0.05) is 18.0 Å². The van der Waals surface area contributed by atoms with Crippen LogP contribution < -0.4 is 16.6 Å². The molecule has 1 aromatic rings. The van der Waals surface area contributed by atoms with Gasteiger partial charge in [-0.1, -0.05) is 20.8 Å². The van der Waals surface area contributed by atoms with E-state index in [1.807, 2.05) is 13.8 Å². The van der Waals surface area contributed by atoms with Gasteiger partial charge in [0.2, 0.25) is 0 Å². The number of rotatable bonds is 6. The second kappa shape index (κ2) is 6.68. The molecule has 0 radical (unpaired) electrons. The van der Waals surface area contributed by atoms with E-state index < -0.39 is 0 Å². The van der Waals surface area contributed by atoms with Crippen LogP contribution in [0.4, 0.5) is 11.6 Å². The summed E-state index contributed by atoms with van der Waals surface area (Å²) in [6.07, 6.45) is 0.235. The molecule has 6 heteroatoms. The lowest BCUT2D eigenvalue weighted by atomic mass is 9.96. The number of anilines is 2. The molecule has 0 saturated carbocycles. The van der Waals surface area contributed by atoms with Crippen LogP contribution >= 0.6 is 0 Å². The molecule has 0 aromatic carbocycles. The summed E-state index contributed by atoms with van der Waals surface area (Å²) in [5.74, 6) is 7.53. The van der Waals surface area contributed by atoms with Gasteiger partial charge in [0.05, 0.1) is 12.7 Å². The Morgan fingerprint density at radius 2 is 1.89 bits per heavy atom. The second-order valence-corrected chi connectivity index (χ2v) is 5.70. The van der Waals surface area contributed by atoms with E-state index in [9.17, 15) is 0 Å². The summed E-state index contributed by atoms with van der Waals surface area (Å²) in [7, 11) is 0. The van der Waals surface area contributed by atoms with Crippen LogP contribution in [0, 0.1) is 0 Å². The van der Waals surface area contributed by atoms with E-state index in [1.54, 1.807) is 6.07 Å². The maximum atomic E-state index is 5.47. The highest BCUT2D eigenvalue weighted by Gasteiger charge is 2.18. The lowest BCUT2D eigenvalue weighted by Crippen LogP contribution is -2.21. The Morgan fingerprint density at radius 1 is 1.26 bits per heavy atom. The van der Waals surface area contributed by atoms with Crippen molar-refractivity contribution in [1.82, 2.24) is 9.97 Å². The van der Waals surface area contributed by atoms with Crippen molar-refractivity contribution in [2.24, 2.45) is 5.84 Å². The van der Waals surface area contributed by atoms with Gasteiger partial charge in [-0.15, -0.1) is 0 Å². The van der Waals surface area contributed by atoms with E-state index in [4.69, 9.17) is 10.6 Å². The molecule has 0 fully saturated rings. The number of nitrogens with two attached hydrogens (primary N) is 1. The van der Waals surface area contributed by atoms with Crippen molar-refractivity contribution in [2.45, 2.75) is 46.1 Å². The fourth-order valence-electron chi connectivity index (χ4n) is 1.42. The normalized spacial score (nSPS) is 11.7. The Bertz CT molecular complexity index is 401. The Balaban J connectivity index is 2.72. The van der Waals surface area contributed by atoms with Gasteiger partial charge in [0.25, 0.3) is 0 Å². The Kier molecular flexibility index (Phi) is 5.50. The number of nitrogen functional groups attached to an aromatic ring is 1. The topological polar surface area (TPSA) is 85.1 Å². The number of ether oxygens (including phenoxy) is 1. The van der Waals surface area contributed by atoms with Crippen LogP contribution in [0.1, 0.15) is 40.4 Å². The average molecular weight is 267 g/mol. The quantitative estimate of drug-likeness (QED) is 0.415. The zero-order valence-corrected chi connectivity index (χ0v) is 12.4. The van der Waals surface area contributed by atoms with Crippen molar-refractivity contribution in [3.8, 4) is 0 Å². The molecule has 0 aliphatic carbocycles. The molecule has 108 valence electrons. The molecule has 0 amide bonds. The maximum Gasteiger partial charge on any atom is 0.145 e. The van der Waals surface area contributed by atoms with Crippen LogP contribution in [0.25, 0.3) is 0 Å². The molecule has 1 heterocycles. The Hall–Kier alpha value is -1.40. The summed E-state index contributed by atoms with van der Waals surface area (Å²) in [6, 6.07) is 1.78. The number of hydrazine groups is 1. The van der Waals surface area contributed by atoms with Gasteiger partial charge in [-0.3, -0.25) is 0 Å². The SMILES string of the molecule is CC(C)OCCNc1cc(NN)nc(C(C)(C)C)n1. The number of nitrogens with one attached hydrogen (secondary N) is 2. The molecule has 1 rings (SSSR count). The first-order chi connectivity index (χ1) is 8.82. The molecule has 0 bridgehead atoms. The number of hydrogen-bond donors (Lipinski definition) is 3. The fourth-order valence-corrected chi connectivity index (χ4v) is 1.42. The van der Waals surface area contributed by atoms with Crippen molar-refractivity contribution in [1.29, 1.82) is 0 Å². The molecular formula is C13H25N5O. The van der Waals surface area contributed by atoms with Gasteiger partial charge in [0.15, 0.2) is 0 Å². The van der Waals surface area contributed by atoms with Gasteiger partial charge in [0.1, 0.15) is 17.5 Å². The lowest BCUT2D eigenvalue weighted by molar-refractivity contribution is 0.0870. The molecule has 6 nitrogen and oxygen atoms in total. The Labute approximate surface area is 115 Å². The third-order valence-corrected chi connectivity index (χ3v) is 2.40. The molecule has 19 heavy (non-hydrogen) atoms. The third-order valence-electron chi connectivity index (χ3n) is 2.40. The highest BCUT2D eigenvalue weighted by atomic mass is 16.5. The van der Waals surface area contributed by atoms with Crippen LogP contribution in [0.15, 0.2) is 6.07 Å². The number of aromatic nitrogens is 2. The standard InChI is InChI=1S/C13H25N5O/c1-9(2)19-7-6-15-10-8-11(18-14)17-12(16-10)13(3,4)5/h8-9H,6-7,14H2,1-5H3,(H2,15,16,17,18). The highest BCUT2D eigenvalue weighted by Crippen LogP contribution is 2.21. The third kappa shape index (κ3) is 5.40. The van der Waals surface area contributed by atoms with Gasteiger partial charge in [-0.25, -0.2) is 15.8 Å². The molecule has 0 saturated heterocycles. The van der Waals surface area contributed by atoms with Crippen molar-refractivity contribution in [3.05, 3.63) is 11.9 Å². The molecule has 0 spiro atoms. The van der Waals surface area contributed by atoms with E-state index in [2.05, 4.69) is 41.5 Å². The van der Waals surface area contributed by atoms with Gasteiger partial charge in [-0.2, -0.15) is 0 Å². The van der Waals surface area contributed by atoms with Crippen LogP contribution in [0.5, 0.6) is 0 Å². The van der Waals surface area contributed by atoms with Crippen molar-refractivity contribution >= 4 is 11.6 Å². The minimum atomic E-state index is -0.127. The fraction of sp³-hybridized carbons (Fsp3) is 0.692. The second-order valence-electron chi connectivity index (χ2n) is 5.70. The van der Waals surface area contributed by atoms with E-state index in [-0.39, 0.29) is 11.5 Å². The average Bonchev–Trinajstić information content (AvgIpc) is 2.33. The minimum Gasteiger partial charge on any atom is -0.377 e. The van der Waals surface area contributed by atoms with Gasteiger partial charge < -0.3 is 15.5 Å². The van der Waals surface area contributed by atoms with Gasteiger partial charge in [-0.05, 0) is 13.8 Å². The summed E-state index contributed by atoms with van der Waals surface area (Å²) in [4.78, 5) is 8.86. The summed E-state index contributed by atoms with van der Waals surface area (Å²) in [5.41, 5.74) is 2.44. The first kappa shape index (κ1) is 15.7. The molecular weight excluding hydrogens is 242 g/mol. The summed E-state index contributed by atoms with van der Waals surface area (Å²) >= 11 is 0. The van der Waals surface area contributed by atoms with Crippen LogP contribution in [0.3, 0.4) is 0 Å². The lowest BCUT2D eigenvalue weighted by Gasteiger charge is -2.19. The first-order valence-electron chi connectivity index (χ1n) is 6.54. The molecule has 0 aliphatic rings. The zero-order chi connectivity index (χ0) is 14.5. The summed E-state index contributed by atoms with van der Waals surface area (Å²) < 4.78 is 5.47. The van der Waals surface area contributed by atoms with E-state index in [0.717, 1.165) is 11.6 Å². The first-order valence-corrected chi connectivity index (χ1v) is 6.54. The zero-order valence-electron chi connectivity index (χ0n) is 12.4. The maximum absolute atomic E-state index is 5.47. The number of nitrogens with zero attached hydrogens (tertiary/aromatic N) is 2. The molecule has 0 aliphatic heterocycles. The molecule has 0 unspecified atom stereocenters. The predicted molar refractivity (Wildman–Crippen MR) is 78.1 cm³/mol. The Morgan fingerprint density at radius 3 is 2.42 bits per heavy atom. The number of hydrogen-bond acceptors (Lipinski definition) is 6. The van der Waals surface area contributed by atoms with Crippen LogP contribution in [-0.4, -0.2) is 29.2 Å². The van der Waals surface area contributed by atoms with E-state index in [1.165, 1.54) is 0 Å². The smallest absolute Gasteiger partial charge is 0.145 e. The minimum absolute atomic E-state index is 0.127. The van der Waals surface area contributed by atoms with Crippen LogP contribution in [0.2, 0.25) is 0 Å². The van der Waals surface area contributed by atoms with Crippen molar-refractivity contribution < 1.29 is 4.74 Å². The molecule has 4 N–H and O–H groups in total. The largest absolute Gasteiger partial charge is 0.377 e. The van der Waals surface area contributed by atoms with E-state index >= 15 is 0 Å². The highest BCUT2D eigenvalue weighted by molar-refractivity contribution is 5.47. The monoisotopic (exact) mass is 267 g/mol. The summed E-state index contributed by atoms with van der Waals surface area (Å²) in [6.45, 7) is 11.6. The molecule has 0 atom stereocenters. The molecule has 1 aromatic heterocycles. The predicted octanol–water partition coefficient (Wildman–Crippen LogP) is 1.90. The summed E-state index contributed by atoms with van der Waals surface area (Å²) in [5, 5.41) is 3.22. The van der Waals surface area contributed by atoms with Crippen LogP contribution in [-0.2, 0) is 10.2 Å². The van der Waals surface area contributed by atoms with Crippen molar-refractivity contribution in [2.75, 3.05) is 23.9 Å². The van der Waals surface area contributed by atoms with E-state index in [0.29, 0.717) is 19.0 Å².